The lowest BCUT2D eigenvalue weighted by Gasteiger charge is -2.34. The van der Waals surface area contributed by atoms with Crippen LogP contribution in [0.1, 0.15) is 23.2 Å². The van der Waals surface area contributed by atoms with Gasteiger partial charge in [-0.25, -0.2) is 0 Å². The number of Topliss-reactive ketones (excluding diaryl/α,β-unsaturated/α-hetero) is 1. The summed E-state index contributed by atoms with van der Waals surface area (Å²) in [5.41, 5.74) is 0.407. The number of benzene rings is 2. The molecule has 3 heteroatoms. The Morgan fingerprint density at radius 3 is 2.89 bits per heavy atom. The first kappa shape index (κ1) is 11.0. The van der Waals surface area contributed by atoms with Gasteiger partial charge in [-0.2, -0.15) is 0 Å². The first-order valence-corrected chi connectivity index (χ1v) is 6.72. The van der Waals surface area contributed by atoms with E-state index in [0.717, 1.165) is 41.6 Å². The highest BCUT2D eigenvalue weighted by atomic mass is 16.5. The second-order valence-electron chi connectivity index (χ2n) is 5.48. The molecule has 3 nitrogen and oxygen atoms in total. The van der Waals surface area contributed by atoms with Gasteiger partial charge < -0.3 is 10.1 Å². The summed E-state index contributed by atoms with van der Waals surface area (Å²) in [4.78, 5) is 12.4. The van der Waals surface area contributed by atoms with E-state index in [1.165, 1.54) is 0 Å². The third kappa shape index (κ3) is 1.58. The number of carbonyl (C=O) groups is 1. The fourth-order valence-corrected chi connectivity index (χ4v) is 3.17. The fraction of sp³-hybridized carbons (Fsp3) is 0.312. The third-order valence-corrected chi connectivity index (χ3v) is 4.19. The molecule has 2 heterocycles. The van der Waals surface area contributed by atoms with Gasteiger partial charge in [0.05, 0.1) is 12.0 Å². The summed E-state index contributed by atoms with van der Waals surface area (Å²) >= 11 is 0. The molecule has 1 unspecified atom stereocenters. The van der Waals surface area contributed by atoms with Gasteiger partial charge in [-0.1, -0.05) is 30.3 Å². The number of hydrogen-bond donors (Lipinski definition) is 1. The Balaban J connectivity index is 1.94. The minimum Gasteiger partial charge on any atom is -0.484 e. The van der Waals surface area contributed by atoms with Gasteiger partial charge in [-0.05, 0) is 18.0 Å². The van der Waals surface area contributed by atoms with Crippen molar-refractivity contribution in [2.45, 2.75) is 18.4 Å². The molecule has 1 N–H and O–H groups in total. The highest BCUT2D eigenvalue weighted by Gasteiger charge is 2.43. The van der Waals surface area contributed by atoms with Crippen LogP contribution in [0.3, 0.4) is 0 Å². The summed E-state index contributed by atoms with van der Waals surface area (Å²) in [7, 11) is 0. The second kappa shape index (κ2) is 3.81. The number of fused-ring (bicyclic) bond motifs is 3. The van der Waals surface area contributed by atoms with Crippen LogP contribution in [0.2, 0.25) is 0 Å². The zero-order valence-corrected chi connectivity index (χ0v) is 10.6. The fourth-order valence-electron chi connectivity index (χ4n) is 3.17. The van der Waals surface area contributed by atoms with Gasteiger partial charge >= 0.3 is 0 Å². The molecule has 1 atom stereocenters. The van der Waals surface area contributed by atoms with E-state index >= 15 is 0 Å². The Morgan fingerprint density at radius 1 is 1.16 bits per heavy atom. The second-order valence-corrected chi connectivity index (χ2v) is 5.48. The van der Waals surface area contributed by atoms with Crippen molar-refractivity contribution < 1.29 is 9.53 Å². The van der Waals surface area contributed by atoms with Crippen molar-refractivity contribution >= 4 is 16.6 Å². The summed E-state index contributed by atoms with van der Waals surface area (Å²) in [6, 6.07) is 12.0. The maximum atomic E-state index is 12.4. The molecule has 19 heavy (non-hydrogen) atoms. The molecule has 2 aromatic rings. The normalized spacial score (nSPS) is 25.6. The summed E-state index contributed by atoms with van der Waals surface area (Å²) < 4.78 is 6.28. The lowest BCUT2D eigenvalue weighted by molar-refractivity contribution is 0.0540. The van der Waals surface area contributed by atoms with E-state index in [9.17, 15) is 4.79 Å². The van der Waals surface area contributed by atoms with E-state index in [1.807, 2.05) is 30.3 Å². The first-order valence-electron chi connectivity index (χ1n) is 6.72. The lowest BCUT2D eigenvalue weighted by Crippen LogP contribution is -2.43. The predicted octanol–water partition coefficient (Wildman–Crippen LogP) is 2.54. The van der Waals surface area contributed by atoms with E-state index in [1.54, 1.807) is 0 Å². The van der Waals surface area contributed by atoms with Crippen LogP contribution in [0.4, 0.5) is 0 Å². The molecule has 0 aliphatic carbocycles. The summed E-state index contributed by atoms with van der Waals surface area (Å²) in [6.45, 7) is 1.69. The standard InChI is InChI=1S/C16H15NO2/c18-14-9-16(7-8-17-10-16)19-15-12-4-2-1-3-11(12)5-6-13(14)15/h1-6,17H,7-10H2. The van der Waals surface area contributed by atoms with Crippen LogP contribution in [-0.4, -0.2) is 24.5 Å². The van der Waals surface area contributed by atoms with E-state index in [4.69, 9.17) is 4.74 Å². The van der Waals surface area contributed by atoms with Gasteiger partial charge in [-0.3, -0.25) is 4.79 Å². The molecule has 0 aromatic heterocycles. The largest absolute Gasteiger partial charge is 0.484 e. The molecule has 96 valence electrons. The van der Waals surface area contributed by atoms with E-state index in [2.05, 4.69) is 11.4 Å². The van der Waals surface area contributed by atoms with Crippen LogP contribution in [0.15, 0.2) is 36.4 Å². The Kier molecular flexibility index (Phi) is 2.21. The summed E-state index contributed by atoms with van der Waals surface area (Å²) in [6.07, 6.45) is 1.40. The average molecular weight is 253 g/mol. The van der Waals surface area contributed by atoms with Gasteiger partial charge in [0.1, 0.15) is 11.4 Å². The van der Waals surface area contributed by atoms with Crippen molar-refractivity contribution in [3.05, 3.63) is 42.0 Å². The molecular weight excluding hydrogens is 238 g/mol. The summed E-state index contributed by atoms with van der Waals surface area (Å²) in [5, 5.41) is 5.47. The summed E-state index contributed by atoms with van der Waals surface area (Å²) in [5.74, 6) is 0.980. The molecule has 4 rings (SSSR count). The maximum absolute atomic E-state index is 12.4. The predicted molar refractivity (Wildman–Crippen MR) is 73.7 cm³/mol. The monoisotopic (exact) mass is 253 g/mol. The van der Waals surface area contributed by atoms with Crippen LogP contribution in [0.25, 0.3) is 10.8 Å². The number of hydrogen-bond acceptors (Lipinski definition) is 3. The highest BCUT2D eigenvalue weighted by molar-refractivity contribution is 6.06. The van der Waals surface area contributed by atoms with Crippen LogP contribution < -0.4 is 10.1 Å². The first-order chi connectivity index (χ1) is 9.27. The average Bonchev–Trinajstić information content (AvgIpc) is 2.86. The van der Waals surface area contributed by atoms with Crippen LogP contribution in [0, 0.1) is 0 Å². The highest BCUT2D eigenvalue weighted by Crippen LogP contribution is 2.40. The topological polar surface area (TPSA) is 38.3 Å². The minimum atomic E-state index is -0.325. The van der Waals surface area contributed by atoms with Crippen molar-refractivity contribution in [2.24, 2.45) is 0 Å². The van der Waals surface area contributed by atoms with Gasteiger partial charge in [0, 0.05) is 18.4 Å². The molecule has 0 saturated carbocycles. The van der Waals surface area contributed by atoms with E-state index in [0.29, 0.717) is 6.42 Å². The van der Waals surface area contributed by atoms with Crippen LogP contribution in [0.5, 0.6) is 5.75 Å². The van der Waals surface area contributed by atoms with Gasteiger partial charge in [0.25, 0.3) is 0 Å². The van der Waals surface area contributed by atoms with Crippen molar-refractivity contribution in [2.75, 3.05) is 13.1 Å². The number of ether oxygens (including phenoxy) is 1. The number of rotatable bonds is 0. The Labute approximate surface area is 111 Å². The molecule has 0 bridgehead atoms. The maximum Gasteiger partial charge on any atom is 0.170 e. The van der Waals surface area contributed by atoms with Crippen LogP contribution in [-0.2, 0) is 0 Å². The van der Waals surface area contributed by atoms with Crippen molar-refractivity contribution in [3.8, 4) is 5.75 Å². The van der Waals surface area contributed by atoms with Crippen molar-refractivity contribution in [1.29, 1.82) is 0 Å². The molecule has 2 aliphatic heterocycles. The molecule has 0 amide bonds. The molecule has 2 aromatic carbocycles. The smallest absolute Gasteiger partial charge is 0.170 e. The van der Waals surface area contributed by atoms with Gasteiger partial charge in [0.15, 0.2) is 5.78 Å². The Bertz CT molecular complexity index is 672. The van der Waals surface area contributed by atoms with Gasteiger partial charge in [0.2, 0.25) is 0 Å². The zero-order valence-electron chi connectivity index (χ0n) is 10.6. The van der Waals surface area contributed by atoms with Gasteiger partial charge in [-0.15, -0.1) is 0 Å². The zero-order chi connectivity index (χ0) is 12.9. The molecule has 1 saturated heterocycles. The molecule has 2 aliphatic rings. The Hall–Kier alpha value is -1.87. The number of nitrogens with one attached hydrogen (secondary N) is 1. The van der Waals surface area contributed by atoms with Crippen LogP contribution >= 0.6 is 0 Å². The lowest BCUT2D eigenvalue weighted by atomic mass is 9.88. The van der Waals surface area contributed by atoms with Crippen molar-refractivity contribution in [1.82, 2.24) is 5.32 Å². The van der Waals surface area contributed by atoms with E-state index < -0.39 is 0 Å². The number of ketones is 1. The van der Waals surface area contributed by atoms with E-state index in [-0.39, 0.29) is 11.4 Å². The molecular formula is C16H15NO2. The quantitative estimate of drug-likeness (QED) is 0.784. The van der Waals surface area contributed by atoms with Crippen molar-refractivity contribution in [3.63, 3.8) is 0 Å². The SMILES string of the molecule is O=C1CC2(CCNC2)Oc2c1ccc1ccccc21. The molecule has 1 fully saturated rings. The third-order valence-electron chi connectivity index (χ3n) is 4.19. The minimum absolute atomic E-state index is 0.204. The Morgan fingerprint density at radius 2 is 2.05 bits per heavy atom. The molecule has 1 spiro atoms. The number of carbonyl (C=O) groups excluding carboxylic acids is 1. The molecule has 0 radical (unpaired) electrons.